The van der Waals surface area contributed by atoms with E-state index in [0.717, 1.165) is 10.0 Å². The fourth-order valence-corrected chi connectivity index (χ4v) is 1.74. The largest absolute Gasteiger partial charge is 0.345 e. The Morgan fingerprint density at radius 1 is 1.18 bits per heavy atom. The second-order valence-electron chi connectivity index (χ2n) is 3.35. The van der Waals surface area contributed by atoms with Gasteiger partial charge in [0.1, 0.15) is 0 Å². The van der Waals surface area contributed by atoms with Crippen LogP contribution >= 0.6 is 15.9 Å². The molecule has 0 saturated heterocycles. The smallest absolute Gasteiger partial charge is 0.289 e. The molecule has 0 fully saturated rings. The second-order valence-corrected chi connectivity index (χ2v) is 4.20. The predicted molar refractivity (Wildman–Crippen MR) is 67.3 cm³/mol. The number of nitrogens with one attached hydrogen (secondary N) is 1. The minimum absolute atomic E-state index is 0.180. The minimum Gasteiger partial charge on any atom is -0.345 e. The Bertz CT molecular complexity index is 516. The summed E-state index contributed by atoms with van der Waals surface area (Å²) in [5.74, 6) is -0.0964. The number of carbonyl (C=O) groups excluding carboxylic acids is 1. The number of hydrogen-bond donors (Lipinski definition) is 1. The molecule has 0 unspecified atom stereocenters. The van der Waals surface area contributed by atoms with Crippen molar-refractivity contribution in [3.05, 3.63) is 58.6 Å². The van der Waals surface area contributed by atoms with Gasteiger partial charge in [-0.3, -0.25) is 4.79 Å². The Hall–Kier alpha value is -1.75. The molecule has 2 rings (SSSR count). The van der Waals surface area contributed by atoms with E-state index in [2.05, 4.69) is 31.2 Å². The molecule has 1 N–H and O–H groups in total. The van der Waals surface area contributed by atoms with Crippen molar-refractivity contribution >= 4 is 21.8 Å². The Morgan fingerprint density at radius 3 is 2.59 bits per heavy atom. The van der Waals surface area contributed by atoms with Gasteiger partial charge in [-0.05, 0) is 17.7 Å². The van der Waals surface area contributed by atoms with Crippen LogP contribution in [0.3, 0.4) is 0 Å². The quantitative estimate of drug-likeness (QED) is 0.943. The first-order valence-corrected chi connectivity index (χ1v) is 5.85. The summed E-state index contributed by atoms with van der Waals surface area (Å²) < 4.78 is 0.967. The van der Waals surface area contributed by atoms with Crippen molar-refractivity contribution in [2.75, 3.05) is 0 Å². The summed E-state index contributed by atoms with van der Waals surface area (Å²) in [7, 11) is 0. The van der Waals surface area contributed by atoms with E-state index in [1.165, 1.54) is 0 Å². The van der Waals surface area contributed by atoms with Gasteiger partial charge in [0.25, 0.3) is 5.91 Å². The highest BCUT2D eigenvalue weighted by atomic mass is 79.9. The van der Waals surface area contributed by atoms with Gasteiger partial charge in [0.15, 0.2) is 0 Å². The number of rotatable bonds is 3. The van der Waals surface area contributed by atoms with Crippen LogP contribution in [-0.4, -0.2) is 15.9 Å². The van der Waals surface area contributed by atoms with E-state index in [1.807, 2.05) is 24.3 Å². The summed E-state index contributed by atoms with van der Waals surface area (Å²) in [6.45, 7) is 0.443. The molecule has 2 aromatic rings. The van der Waals surface area contributed by atoms with Crippen molar-refractivity contribution in [2.24, 2.45) is 0 Å². The van der Waals surface area contributed by atoms with Crippen LogP contribution in [0.4, 0.5) is 0 Å². The third-order valence-corrected chi connectivity index (χ3v) is 2.94. The van der Waals surface area contributed by atoms with Crippen LogP contribution < -0.4 is 5.32 Å². The molecule has 4 nitrogen and oxygen atoms in total. The Labute approximate surface area is 107 Å². The van der Waals surface area contributed by atoms with Crippen molar-refractivity contribution in [1.82, 2.24) is 15.3 Å². The maximum absolute atomic E-state index is 11.7. The van der Waals surface area contributed by atoms with Crippen molar-refractivity contribution in [1.29, 1.82) is 0 Å². The number of halogens is 1. The molecule has 0 saturated carbocycles. The zero-order valence-electron chi connectivity index (χ0n) is 8.93. The van der Waals surface area contributed by atoms with Gasteiger partial charge in [0.05, 0.1) is 0 Å². The SMILES string of the molecule is O=C(NCc1ccccc1Br)c1ncccn1. The van der Waals surface area contributed by atoms with Crippen LogP contribution in [0.25, 0.3) is 0 Å². The summed E-state index contributed by atoms with van der Waals surface area (Å²) in [6.07, 6.45) is 3.08. The van der Waals surface area contributed by atoms with Crippen LogP contribution in [0.2, 0.25) is 0 Å². The number of benzene rings is 1. The lowest BCUT2D eigenvalue weighted by molar-refractivity contribution is 0.0940. The first-order valence-electron chi connectivity index (χ1n) is 5.06. The first-order chi connectivity index (χ1) is 8.27. The van der Waals surface area contributed by atoms with Crippen molar-refractivity contribution in [2.45, 2.75) is 6.54 Å². The highest BCUT2D eigenvalue weighted by molar-refractivity contribution is 9.10. The molecule has 0 radical (unpaired) electrons. The van der Waals surface area contributed by atoms with E-state index in [4.69, 9.17) is 0 Å². The van der Waals surface area contributed by atoms with Gasteiger partial charge in [-0.1, -0.05) is 34.1 Å². The number of aromatic nitrogens is 2. The zero-order chi connectivity index (χ0) is 12.1. The van der Waals surface area contributed by atoms with Crippen LogP contribution in [-0.2, 0) is 6.54 Å². The predicted octanol–water partition coefficient (Wildman–Crippen LogP) is 2.17. The van der Waals surface area contributed by atoms with Gasteiger partial charge >= 0.3 is 0 Å². The Morgan fingerprint density at radius 2 is 1.88 bits per heavy atom. The number of nitrogens with zero attached hydrogens (tertiary/aromatic N) is 2. The number of amides is 1. The molecule has 0 bridgehead atoms. The standard InChI is InChI=1S/C12H10BrN3O/c13-10-5-2-1-4-9(10)8-16-12(17)11-14-6-3-7-15-11/h1-7H,8H2,(H,16,17). The average Bonchev–Trinajstić information content (AvgIpc) is 2.38. The van der Waals surface area contributed by atoms with Crippen LogP contribution in [0.1, 0.15) is 16.2 Å². The lowest BCUT2D eigenvalue weighted by Gasteiger charge is -2.05. The molecule has 86 valence electrons. The molecular weight excluding hydrogens is 282 g/mol. The van der Waals surface area contributed by atoms with E-state index >= 15 is 0 Å². The molecular formula is C12H10BrN3O. The van der Waals surface area contributed by atoms with Gasteiger partial charge in [0, 0.05) is 23.4 Å². The molecule has 5 heteroatoms. The first kappa shape index (κ1) is 11.7. The fraction of sp³-hybridized carbons (Fsp3) is 0.0833. The molecule has 17 heavy (non-hydrogen) atoms. The average molecular weight is 292 g/mol. The van der Waals surface area contributed by atoms with Crippen molar-refractivity contribution in [3.63, 3.8) is 0 Å². The Balaban J connectivity index is 2.00. The number of carbonyl (C=O) groups is 1. The molecule has 1 heterocycles. The lowest BCUT2D eigenvalue weighted by Crippen LogP contribution is -2.24. The van der Waals surface area contributed by atoms with Gasteiger partial charge in [-0.25, -0.2) is 9.97 Å². The molecule has 0 aliphatic carbocycles. The summed E-state index contributed by atoms with van der Waals surface area (Å²) >= 11 is 3.42. The topological polar surface area (TPSA) is 54.9 Å². The highest BCUT2D eigenvalue weighted by Crippen LogP contribution is 2.15. The molecule has 1 aromatic heterocycles. The summed E-state index contributed by atoms with van der Waals surface area (Å²) in [4.78, 5) is 19.4. The molecule has 1 aromatic carbocycles. The summed E-state index contributed by atoms with van der Waals surface area (Å²) in [5.41, 5.74) is 1.01. The van der Waals surface area contributed by atoms with Gasteiger partial charge in [-0.15, -0.1) is 0 Å². The van der Waals surface area contributed by atoms with Crippen LogP contribution in [0.15, 0.2) is 47.2 Å². The van der Waals surface area contributed by atoms with E-state index < -0.39 is 0 Å². The van der Waals surface area contributed by atoms with Gasteiger partial charge < -0.3 is 5.32 Å². The second kappa shape index (κ2) is 5.54. The van der Waals surface area contributed by atoms with E-state index in [-0.39, 0.29) is 11.7 Å². The minimum atomic E-state index is -0.277. The van der Waals surface area contributed by atoms with Crippen LogP contribution in [0, 0.1) is 0 Å². The van der Waals surface area contributed by atoms with E-state index in [1.54, 1.807) is 18.5 Å². The molecule has 0 spiro atoms. The van der Waals surface area contributed by atoms with Crippen molar-refractivity contribution < 1.29 is 4.79 Å². The number of hydrogen-bond acceptors (Lipinski definition) is 3. The zero-order valence-corrected chi connectivity index (χ0v) is 10.5. The monoisotopic (exact) mass is 291 g/mol. The van der Waals surface area contributed by atoms with Crippen LogP contribution in [0.5, 0.6) is 0 Å². The maximum atomic E-state index is 11.7. The maximum Gasteiger partial charge on any atom is 0.289 e. The summed E-state index contributed by atoms with van der Waals surface area (Å²) in [5, 5.41) is 2.76. The summed E-state index contributed by atoms with van der Waals surface area (Å²) in [6, 6.07) is 9.39. The third-order valence-electron chi connectivity index (χ3n) is 2.17. The normalized spacial score (nSPS) is 9.94. The van der Waals surface area contributed by atoms with Gasteiger partial charge in [0.2, 0.25) is 5.82 Å². The molecule has 0 atom stereocenters. The van der Waals surface area contributed by atoms with E-state index in [0.29, 0.717) is 6.54 Å². The molecule has 0 aliphatic heterocycles. The van der Waals surface area contributed by atoms with E-state index in [9.17, 15) is 4.79 Å². The van der Waals surface area contributed by atoms with Crippen molar-refractivity contribution in [3.8, 4) is 0 Å². The highest BCUT2D eigenvalue weighted by Gasteiger charge is 2.07. The van der Waals surface area contributed by atoms with Gasteiger partial charge in [-0.2, -0.15) is 0 Å². The Kier molecular flexibility index (Phi) is 3.82. The molecule has 0 aliphatic rings. The molecule has 1 amide bonds. The fourth-order valence-electron chi connectivity index (χ4n) is 1.31. The lowest BCUT2D eigenvalue weighted by atomic mass is 10.2. The third kappa shape index (κ3) is 3.10.